The molecule has 1 aliphatic heterocycles. The van der Waals surface area contributed by atoms with Crippen molar-refractivity contribution in [3.63, 3.8) is 0 Å². The molecule has 0 aromatic heterocycles. The molecule has 0 radical (unpaired) electrons. The second-order valence-electron chi connectivity index (χ2n) is 9.99. The third-order valence-corrected chi connectivity index (χ3v) is 6.32. The Morgan fingerprint density at radius 3 is 1.93 bits per heavy atom. The lowest BCUT2D eigenvalue weighted by Gasteiger charge is -2.32. The molecule has 1 fully saturated rings. The van der Waals surface area contributed by atoms with Crippen LogP contribution in [0.3, 0.4) is 0 Å². The maximum absolute atomic E-state index is 3.74. The van der Waals surface area contributed by atoms with Gasteiger partial charge >= 0.3 is 0 Å². The van der Waals surface area contributed by atoms with Crippen LogP contribution in [0.25, 0.3) is 0 Å². The van der Waals surface area contributed by atoms with E-state index in [4.69, 9.17) is 0 Å². The zero-order valence-corrected chi connectivity index (χ0v) is 20.0. The first-order chi connectivity index (χ1) is 13.4. The van der Waals surface area contributed by atoms with Crippen LogP contribution >= 0.6 is 0 Å². The molecule has 1 heterocycles. The monoisotopic (exact) mass is 390 g/mol. The first kappa shape index (κ1) is 25.4. The highest BCUT2D eigenvalue weighted by Gasteiger charge is 2.19. The second-order valence-corrected chi connectivity index (χ2v) is 9.99. The van der Waals surface area contributed by atoms with Crippen molar-refractivity contribution in [1.82, 2.24) is 10.2 Å². The van der Waals surface area contributed by atoms with Gasteiger partial charge in [-0.2, -0.15) is 0 Å². The van der Waals surface area contributed by atoms with Gasteiger partial charge in [-0.15, -0.1) is 0 Å². The van der Waals surface area contributed by atoms with Crippen LogP contribution in [0.1, 0.15) is 92.9 Å². The van der Waals surface area contributed by atoms with Crippen molar-refractivity contribution in [3.05, 3.63) is 23.3 Å². The third-order valence-electron chi connectivity index (χ3n) is 6.32. The SMILES string of the molecule is CC(C)=CCC[C@@H](C)CCNCC1CCN(CC[C@@H](C)CCC=C(C)C)CC1. The third kappa shape index (κ3) is 13.6. The van der Waals surface area contributed by atoms with Crippen LogP contribution in [-0.4, -0.2) is 37.6 Å². The maximum Gasteiger partial charge on any atom is -0.00156 e. The van der Waals surface area contributed by atoms with E-state index >= 15 is 0 Å². The summed E-state index contributed by atoms with van der Waals surface area (Å²) in [5.74, 6) is 2.59. The summed E-state index contributed by atoms with van der Waals surface area (Å²) < 4.78 is 0. The highest BCUT2D eigenvalue weighted by molar-refractivity contribution is 4.93. The quantitative estimate of drug-likeness (QED) is 0.258. The topological polar surface area (TPSA) is 15.3 Å². The van der Waals surface area contributed by atoms with Crippen molar-refractivity contribution < 1.29 is 0 Å². The molecule has 0 aromatic carbocycles. The van der Waals surface area contributed by atoms with Crippen LogP contribution < -0.4 is 5.32 Å². The molecule has 0 amide bonds. The van der Waals surface area contributed by atoms with E-state index in [-0.39, 0.29) is 0 Å². The predicted octanol–water partition coefficient (Wildman–Crippen LogP) is 6.83. The number of hydrogen-bond donors (Lipinski definition) is 1. The number of allylic oxidation sites excluding steroid dienone is 4. The van der Waals surface area contributed by atoms with Crippen LogP contribution in [0, 0.1) is 17.8 Å². The van der Waals surface area contributed by atoms with Gasteiger partial charge in [0.15, 0.2) is 0 Å². The van der Waals surface area contributed by atoms with Gasteiger partial charge in [-0.25, -0.2) is 0 Å². The molecule has 1 N–H and O–H groups in total. The smallest absolute Gasteiger partial charge is 0.00156 e. The number of rotatable bonds is 14. The molecule has 2 atom stereocenters. The maximum atomic E-state index is 3.74. The zero-order valence-electron chi connectivity index (χ0n) is 20.0. The summed E-state index contributed by atoms with van der Waals surface area (Å²) in [5, 5.41) is 3.74. The fourth-order valence-corrected chi connectivity index (χ4v) is 4.07. The number of hydrogen-bond acceptors (Lipinski definition) is 2. The van der Waals surface area contributed by atoms with Crippen LogP contribution in [0.2, 0.25) is 0 Å². The lowest BCUT2D eigenvalue weighted by molar-refractivity contribution is 0.172. The molecule has 2 heteroatoms. The van der Waals surface area contributed by atoms with Gasteiger partial charge in [0.25, 0.3) is 0 Å². The van der Waals surface area contributed by atoms with Gasteiger partial charge in [-0.05, 0) is 130 Å². The number of nitrogens with zero attached hydrogens (tertiary/aromatic N) is 1. The summed E-state index contributed by atoms with van der Waals surface area (Å²) in [6, 6.07) is 0. The first-order valence-electron chi connectivity index (χ1n) is 12.1. The molecule has 164 valence electrons. The van der Waals surface area contributed by atoms with E-state index in [0.29, 0.717) is 0 Å². The zero-order chi connectivity index (χ0) is 20.8. The van der Waals surface area contributed by atoms with E-state index in [2.05, 4.69) is 63.9 Å². The van der Waals surface area contributed by atoms with Crippen LogP contribution in [0.4, 0.5) is 0 Å². The Bertz CT molecular complexity index is 435. The summed E-state index contributed by atoms with van der Waals surface area (Å²) in [6.07, 6.45) is 15.4. The van der Waals surface area contributed by atoms with E-state index in [9.17, 15) is 0 Å². The van der Waals surface area contributed by atoms with E-state index in [1.807, 2.05) is 0 Å². The minimum atomic E-state index is 0.837. The van der Waals surface area contributed by atoms with Gasteiger partial charge in [0, 0.05) is 0 Å². The van der Waals surface area contributed by atoms with E-state index in [1.165, 1.54) is 95.2 Å². The van der Waals surface area contributed by atoms with Crippen LogP contribution in [-0.2, 0) is 0 Å². The average Bonchev–Trinajstić information content (AvgIpc) is 2.64. The largest absolute Gasteiger partial charge is 0.316 e. The van der Waals surface area contributed by atoms with Crippen molar-refractivity contribution in [2.45, 2.75) is 92.9 Å². The van der Waals surface area contributed by atoms with E-state index in [0.717, 1.165) is 17.8 Å². The Morgan fingerprint density at radius 1 is 0.857 bits per heavy atom. The molecular formula is C26H50N2. The van der Waals surface area contributed by atoms with Crippen molar-refractivity contribution in [2.75, 3.05) is 32.7 Å². The molecule has 0 aromatic rings. The Kier molecular flexibility index (Phi) is 13.9. The molecule has 0 unspecified atom stereocenters. The molecule has 0 bridgehead atoms. The molecule has 1 rings (SSSR count). The van der Waals surface area contributed by atoms with Gasteiger partial charge in [0.05, 0.1) is 0 Å². The van der Waals surface area contributed by atoms with Crippen molar-refractivity contribution in [1.29, 1.82) is 0 Å². The molecule has 0 saturated carbocycles. The Hall–Kier alpha value is -0.600. The summed E-state index contributed by atoms with van der Waals surface area (Å²) >= 11 is 0. The molecule has 2 nitrogen and oxygen atoms in total. The highest BCUT2D eigenvalue weighted by atomic mass is 15.1. The first-order valence-corrected chi connectivity index (χ1v) is 12.1. The minimum absolute atomic E-state index is 0.837. The summed E-state index contributed by atoms with van der Waals surface area (Å²) in [6.45, 7) is 20.0. The Balaban J connectivity index is 2.02. The molecule has 0 spiro atoms. The second kappa shape index (κ2) is 15.3. The summed E-state index contributed by atoms with van der Waals surface area (Å²) in [5.41, 5.74) is 2.91. The van der Waals surface area contributed by atoms with Crippen molar-refractivity contribution in [2.24, 2.45) is 17.8 Å². The van der Waals surface area contributed by atoms with E-state index < -0.39 is 0 Å². The number of piperidine rings is 1. The highest BCUT2D eigenvalue weighted by Crippen LogP contribution is 2.19. The van der Waals surface area contributed by atoms with Gasteiger partial charge in [0.2, 0.25) is 0 Å². The van der Waals surface area contributed by atoms with E-state index in [1.54, 1.807) is 0 Å². The molecular weight excluding hydrogens is 340 g/mol. The number of likely N-dealkylation sites (tertiary alicyclic amines) is 1. The van der Waals surface area contributed by atoms with Gasteiger partial charge in [-0.3, -0.25) is 0 Å². The molecule has 0 aliphatic carbocycles. The Labute approximate surface area is 177 Å². The standard InChI is InChI=1S/C26H50N2/c1-22(2)9-7-11-24(5)13-17-27-21-26-15-19-28(20-16-26)18-14-25(6)12-8-10-23(3)4/h9-10,24-27H,7-8,11-21H2,1-6H3/t24-,25+/m1/s1. The fraction of sp³-hybridized carbons (Fsp3) is 0.846. The fourth-order valence-electron chi connectivity index (χ4n) is 4.07. The van der Waals surface area contributed by atoms with Crippen molar-refractivity contribution in [3.8, 4) is 0 Å². The molecule has 1 saturated heterocycles. The summed E-state index contributed by atoms with van der Waals surface area (Å²) in [4.78, 5) is 2.71. The number of nitrogens with one attached hydrogen (secondary N) is 1. The lowest BCUT2D eigenvalue weighted by atomic mass is 9.95. The molecule has 1 aliphatic rings. The predicted molar refractivity (Wildman–Crippen MR) is 127 cm³/mol. The van der Waals surface area contributed by atoms with Crippen LogP contribution in [0.15, 0.2) is 23.3 Å². The van der Waals surface area contributed by atoms with Gasteiger partial charge < -0.3 is 10.2 Å². The lowest BCUT2D eigenvalue weighted by Crippen LogP contribution is -2.38. The Morgan fingerprint density at radius 2 is 1.39 bits per heavy atom. The summed E-state index contributed by atoms with van der Waals surface area (Å²) in [7, 11) is 0. The van der Waals surface area contributed by atoms with Gasteiger partial charge in [0.1, 0.15) is 0 Å². The van der Waals surface area contributed by atoms with Crippen molar-refractivity contribution >= 4 is 0 Å². The van der Waals surface area contributed by atoms with Crippen LogP contribution in [0.5, 0.6) is 0 Å². The minimum Gasteiger partial charge on any atom is -0.316 e. The average molecular weight is 391 g/mol. The van der Waals surface area contributed by atoms with Gasteiger partial charge in [-0.1, -0.05) is 37.1 Å². The molecule has 28 heavy (non-hydrogen) atoms. The normalized spacial score (nSPS) is 17.9.